The minimum atomic E-state index is -3.95. The van der Waals surface area contributed by atoms with E-state index < -0.39 is 9.84 Å². The lowest BCUT2D eigenvalue weighted by molar-refractivity contribution is -0.661. The summed E-state index contributed by atoms with van der Waals surface area (Å²) in [4.78, 5) is 17.8. The maximum absolute atomic E-state index is 13.4. The van der Waals surface area contributed by atoms with Crippen LogP contribution in [0.25, 0.3) is 16.7 Å². The molecular weight excluding hydrogens is 416 g/mol. The minimum Gasteiger partial charge on any atom is -0.385 e. The van der Waals surface area contributed by atoms with Crippen LogP contribution < -0.4 is 15.9 Å². The number of ether oxygens (including phenoxy) is 1. The molecule has 0 aliphatic carbocycles. The van der Waals surface area contributed by atoms with Crippen molar-refractivity contribution in [3.63, 3.8) is 0 Å². The molecule has 4 aromatic rings. The Bertz CT molecular complexity index is 1440. The highest BCUT2D eigenvalue weighted by Crippen LogP contribution is 2.26. The number of nitrogen functional groups attached to an aromatic ring is 1. The van der Waals surface area contributed by atoms with Crippen LogP contribution in [-0.2, 0) is 21.1 Å². The maximum Gasteiger partial charge on any atom is 0.278 e. The standard InChI is InChI=1S/C22H22N4O4S/c1-15-7-9-16(10-8-15)31(28,29)18-14-17-21(26(20(18)23)12-5-13-30-2)24-19-6-3-4-11-25(19)22(17)27/h3-4,6-11,14,23H,5,12-13H2,1-2H3/p+1. The molecule has 0 atom stereocenters. The molecule has 160 valence electrons. The number of benzene rings is 1. The monoisotopic (exact) mass is 439 g/mol. The first-order chi connectivity index (χ1) is 14.8. The van der Waals surface area contributed by atoms with Crippen molar-refractivity contribution >= 4 is 32.3 Å². The van der Waals surface area contributed by atoms with Gasteiger partial charge in [-0.1, -0.05) is 28.7 Å². The van der Waals surface area contributed by atoms with Crippen molar-refractivity contribution < 1.29 is 17.7 Å². The van der Waals surface area contributed by atoms with Gasteiger partial charge in [0.2, 0.25) is 21.3 Å². The summed E-state index contributed by atoms with van der Waals surface area (Å²) in [6.07, 6.45) is 2.17. The molecule has 0 radical (unpaired) electrons. The van der Waals surface area contributed by atoms with Gasteiger partial charge in [0.05, 0.1) is 11.4 Å². The van der Waals surface area contributed by atoms with Crippen molar-refractivity contribution in [1.82, 2.24) is 9.38 Å². The summed E-state index contributed by atoms with van der Waals surface area (Å²) in [5.74, 6) is 0.0383. The molecular formula is C22H23N4O4S+. The van der Waals surface area contributed by atoms with Crippen LogP contribution in [0.5, 0.6) is 0 Å². The molecule has 0 bridgehead atoms. The lowest BCUT2D eigenvalue weighted by Gasteiger charge is -2.13. The Hall–Kier alpha value is -3.30. The van der Waals surface area contributed by atoms with E-state index in [9.17, 15) is 13.2 Å². The number of fused-ring (bicyclic) bond motifs is 2. The summed E-state index contributed by atoms with van der Waals surface area (Å²) in [5, 5.41) is 0.181. The van der Waals surface area contributed by atoms with Crippen molar-refractivity contribution in [2.24, 2.45) is 0 Å². The van der Waals surface area contributed by atoms with Gasteiger partial charge in [-0.15, -0.1) is 0 Å². The van der Waals surface area contributed by atoms with Gasteiger partial charge in [0.25, 0.3) is 11.2 Å². The smallest absolute Gasteiger partial charge is 0.278 e. The number of rotatable bonds is 6. The maximum atomic E-state index is 13.4. The van der Waals surface area contributed by atoms with E-state index in [1.54, 1.807) is 48.2 Å². The fourth-order valence-corrected chi connectivity index (χ4v) is 4.94. The Balaban J connectivity index is 2.05. The second-order valence-corrected chi connectivity index (χ2v) is 9.21. The Morgan fingerprint density at radius 3 is 2.61 bits per heavy atom. The number of pyridine rings is 2. The van der Waals surface area contributed by atoms with Gasteiger partial charge in [0.1, 0.15) is 10.3 Å². The largest absolute Gasteiger partial charge is 0.385 e. The van der Waals surface area contributed by atoms with Gasteiger partial charge in [-0.3, -0.25) is 9.20 Å². The molecule has 0 aliphatic heterocycles. The van der Waals surface area contributed by atoms with Crippen LogP contribution in [0.1, 0.15) is 12.0 Å². The van der Waals surface area contributed by atoms with Crippen LogP contribution in [-0.4, -0.2) is 31.5 Å². The molecule has 0 amide bonds. The van der Waals surface area contributed by atoms with E-state index in [0.717, 1.165) is 5.56 Å². The Morgan fingerprint density at radius 1 is 1.16 bits per heavy atom. The zero-order valence-electron chi connectivity index (χ0n) is 17.3. The van der Waals surface area contributed by atoms with Crippen LogP contribution in [0.4, 0.5) is 5.82 Å². The number of nitrogens with zero attached hydrogens (tertiary/aromatic N) is 3. The van der Waals surface area contributed by atoms with E-state index >= 15 is 0 Å². The Kier molecular flexibility index (Phi) is 5.47. The molecule has 0 fully saturated rings. The van der Waals surface area contributed by atoms with Crippen LogP contribution >= 0.6 is 0 Å². The minimum absolute atomic E-state index is 0.0383. The highest BCUT2D eigenvalue weighted by Gasteiger charge is 2.29. The van der Waals surface area contributed by atoms with Gasteiger partial charge in [-0.2, -0.15) is 0 Å². The number of aromatic nitrogens is 3. The lowest BCUT2D eigenvalue weighted by Crippen LogP contribution is -2.42. The second kappa shape index (κ2) is 8.09. The zero-order valence-corrected chi connectivity index (χ0v) is 18.1. The van der Waals surface area contributed by atoms with Gasteiger partial charge in [-0.25, -0.2) is 13.0 Å². The lowest BCUT2D eigenvalue weighted by atomic mass is 10.2. The number of hydrogen-bond donors (Lipinski definition) is 1. The molecule has 9 heteroatoms. The third-order valence-electron chi connectivity index (χ3n) is 5.17. The highest BCUT2D eigenvalue weighted by atomic mass is 32.2. The van der Waals surface area contributed by atoms with Crippen molar-refractivity contribution in [1.29, 1.82) is 0 Å². The molecule has 3 aromatic heterocycles. The van der Waals surface area contributed by atoms with Crippen LogP contribution in [0.2, 0.25) is 0 Å². The predicted molar refractivity (Wildman–Crippen MR) is 117 cm³/mol. The van der Waals surface area contributed by atoms with Gasteiger partial charge in [0.15, 0.2) is 0 Å². The average molecular weight is 440 g/mol. The number of anilines is 1. The van der Waals surface area contributed by atoms with E-state index in [1.807, 2.05) is 6.92 Å². The topological polar surface area (TPSA) is 108 Å². The number of methoxy groups -OCH3 is 1. The molecule has 3 heterocycles. The number of aryl methyl sites for hydroxylation is 2. The molecule has 1 aromatic carbocycles. The summed E-state index contributed by atoms with van der Waals surface area (Å²) in [6, 6.07) is 13.1. The SMILES string of the molecule is COCCC[n+]1c(N)c(S(=O)(=O)c2ccc(C)cc2)cc2c(=O)n3ccccc3nc21. The number of sulfone groups is 1. The van der Waals surface area contributed by atoms with Crippen LogP contribution in [0, 0.1) is 6.92 Å². The molecule has 0 saturated heterocycles. The van der Waals surface area contributed by atoms with Gasteiger partial charge >= 0.3 is 0 Å². The van der Waals surface area contributed by atoms with Crippen molar-refractivity contribution in [2.75, 3.05) is 19.5 Å². The van der Waals surface area contributed by atoms with Gasteiger partial charge < -0.3 is 10.5 Å². The summed E-state index contributed by atoms with van der Waals surface area (Å²) >= 11 is 0. The fourth-order valence-electron chi connectivity index (χ4n) is 3.53. The highest BCUT2D eigenvalue weighted by molar-refractivity contribution is 7.91. The van der Waals surface area contributed by atoms with Gasteiger partial charge in [0, 0.05) is 26.3 Å². The second-order valence-electron chi connectivity index (χ2n) is 7.29. The molecule has 8 nitrogen and oxygen atoms in total. The molecule has 2 N–H and O–H groups in total. The average Bonchev–Trinajstić information content (AvgIpc) is 2.76. The predicted octanol–water partition coefficient (Wildman–Crippen LogP) is 1.90. The summed E-state index contributed by atoms with van der Waals surface area (Å²) in [5.41, 5.74) is 7.75. The normalized spacial score (nSPS) is 11.9. The molecule has 4 rings (SSSR count). The molecule has 0 aliphatic rings. The molecule has 0 saturated carbocycles. The van der Waals surface area contributed by atoms with E-state index in [2.05, 4.69) is 4.98 Å². The first-order valence-electron chi connectivity index (χ1n) is 9.78. The van der Waals surface area contributed by atoms with Crippen molar-refractivity contribution in [3.05, 3.63) is 70.6 Å². The summed E-state index contributed by atoms with van der Waals surface area (Å²) < 4.78 is 34.9. The fraction of sp³-hybridized carbons (Fsp3) is 0.227. The number of nitrogens with two attached hydrogens (primary N) is 1. The van der Waals surface area contributed by atoms with Crippen LogP contribution in [0.15, 0.2) is 69.3 Å². The molecule has 0 spiro atoms. The van der Waals surface area contributed by atoms with Crippen molar-refractivity contribution in [2.45, 2.75) is 29.7 Å². The zero-order chi connectivity index (χ0) is 22.2. The van der Waals surface area contributed by atoms with E-state index in [0.29, 0.717) is 30.9 Å². The van der Waals surface area contributed by atoms with E-state index in [-0.39, 0.29) is 26.6 Å². The van der Waals surface area contributed by atoms with Crippen LogP contribution in [0.3, 0.4) is 0 Å². The van der Waals surface area contributed by atoms with E-state index in [1.165, 1.54) is 22.6 Å². The number of hydrogen-bond acceptors (Lipinski definition) is 6. The first-order valence-corrected chi connectivity index (χ1v) is 11.3. The quantitative estimate of drug-likeness (QED) is 0.279. The molecule has 0 unspecified atom stereocenters. The first kappa shape index (κ1) is 21.0. The van der Waals surface area contributed by atoms with Crippen molar-refractivity contribution in [3.8, 4) is 0 Å². The third-order valence-corrected chi connectivity index (χ3v) is 6.97. The third kappa shape index (κ3) is 3.66. The summed E-state index contributed by atoms with van der Waals surface area (Å²) in [7, 11) is -2.37. The van der Waals surface area contributed by atoms with E-state index in [4.69, 9.17) is 10.5 Å². The van der Waals surface area contributed by atoms with Gasteiger partial charge in [-0.05, 0) is 37.3 Å². The summed E-state index contributed by atoms with van der Waals surface area (Å²) in [6.45, 7) is 2.68. The molecule has 31 heavy (non-hydrogen) atoms. The Morgan fingerprint density at radius 2 is 1.90 bits per heavy atom. The Labute approximate surface area is 179 Å².